The fourth-order valence-corrected chi connectivity index (χ4v) is 2.16. The largest absolute Gasteiger partial charge is 0.390 e. The summed E-state index contributed by atoms with van der Waals surface area (Å²) in [6.45, 7) is -0.235. The number of imidazole rings is 1. The van der Waals surface area contributed by atoms with Gasteiger partial charge < -0.3 is 5.11 Å². The van der Waals surface area contributed by atoms with Gasteiger partial charge in [-0.3, -0.25) is 4.40 Å². The van der Waals surface area contributed by atoms with Gasteiger partial charge in [-0.2, -0.15) is 0 Å². The van der Waals surface area contributed by atoms with Gasteiger partial charge in [0, 0.05) is 17.8 Å². The molecule has 0 unspecified atom stereocenters. The van der Waals surface area contributed by atoms with E-state index in [4.69, 9.17) is 16.7 Å². The molecule has 1 aromatic carbocycles. The molecule has 20 heavy (non-hydrogen) atoms. The highest BCUT2D eigenvalue weighted by atomic mass is 35.5. The zero-order valence-corrected chi connectivity index (χ0v) is 10.8. The molecule has 0 aliphatic carbocycles. The fourth-order valence-electron chi connectivity index (χ4n) is 1.88. The summed E-state index contributed by atoms with van der Waals surface area (Å²) >= 11 is 6.14. The molecule has 102 valence electrons. The summed E-state index contributed by atoms with van der Waals surface area (Å²) in [6, 6.07) is 4.74. The Bertz CT molecular complexity index is 804. The van der Waals surface area contributed by atoms with Gasteiger partial charge in [-0.05, 0) is 18.2 Å². The van der Waals surface area contributed by atoms with Crippen LogP contribution in [0.15, 0.2) is 30.5 Å². The lowest BCUT2D eigenvalue weighted by molar-refractivity contribution is 0.277. The Hall–Kier alpha value is -2.05. The Balaban J connectivity index is 2.23. The molecular weight excluding hydrogens is 288 g/mol. The van der Waals surface area contributed by atoms with Crippen LogP contribution in [-0.4, -0.2) is 19.5 Å². The summed E-state index contributed by atoms with van der Waals surface area (Å²) in [7, 11) is 0. The van der Waals surface area contributed by atoms with Crippen molar-refractivity contribution in [2.24, 2.45) is 0 Å². The lowest BCUT2D eigenvalue weighted by atomic mass is 10.1. The second-order valence-corrected chi connectivity index (χ2v) is 4.48. The standard InChI is InChI=1S/C13H8ClF2N3O/c14-12-11(9-2-1-7(15)5-10(9)16)18-13-17-8(6-20)3-4-19(12)13/h1-5,20H,6H2. The van der Waals surface area contributed by atoms with Crippen LogP contribution in [0.4, 0.5) is 8.78 Å². The maximum Gasteiger partial charge on any atom is 0.235 e. The number of halogens is 3. The first-order valence-corrected chi connectivity index (χ1v) is 6.07. The van der Waals surface area contributed by atoms with Crippen LogP contribution < -0.4 is 0 Å². The number of hydrogen-bond acceptors (Lipinski definition) is 3. The topological polar surface area (TPSA) is 50.4 Å². The van der Waals surface area contributed by atoms with E-state index in [0.717, 1.165) is 12.1 Å². The Morgan fingerprint density at radius 2 is 2.00 bits per heavy atom. The van der Waals surface area contributed by atoms with E-state index < -0.39 is 11.6 Å². The van der Waals surface area contributed by atoms with E-state index in [9.17, 15) is 8.78 Å². The van der Waals surface area contributed by atoms with Gasteiger partial charge in [-0.1, -0.05) is 11.6 Å². The summed E-state index contributed by atoms with van der Waals surface area (Å²) in [5.41, 5.74) is 0.685. The van der Waals surface area contributed by atoms with Crippen LogP contribution in [0.5, 0.6) is 0 Å². The predicted octanol–water partition coefficient (Wildman–Crippen LogP) is 2.82. The normalized spacial score (nSPS) is 11.2. The van der Waals surface area contributed by atoms with E-state index in [0.29, 0.717) is 5.69 Å². The molecule has 0 aliphatic rings. The summed E-state index contributed by atoms with van der Waals surface area (Å²) in [5.74, 6) is -1.19. The maximum absolute atomic E-state index is 13.8. The van der Waals surface area contributed by atoms with Crippen LogP contribution in [-0.2, 0) is 6.61 Å². The molecule has 2 aromatic heterocycles. The molecule has 0 atom stereocenters. The number of rotatable bonds is 2. The van der Waals surface area contributed by atoms with Crippen molar-refractivity contribution < 1.29 is 13.9 Å². The number of aromatic nitrogens is 3. The SMILES string of the molecule is OCc1ccn2c(Cl)c(-c3ccc(F)cc3F)nc2n1. The molecule has 0 fully saturated rings. The zero-order chi connectivity index (χ0) is 14.3. The third-order valence-corrected chi connectivity index (χ3v) is 3.20. The van der Waals surface area contributed by atoms with Crippen molar-refractivity contribution in [3.05, 3.63) is 52.9 Å². The van der Waals surface area contributed by atoms with Gasteiger partial charge in [-0.15, -0.1) is 0 Å². The van der Waals surface area contributed by atoms with Gasteiger partial charge in [0.2, 0.25) is 5.78 Å². The molecule has 0 bridgehead atoms. The highest BCUT2D eigenvalue weighted by Crippen LogP contribution is 2.30. The monoisotopic (exact) mass is 295 g/mol. The second kappa shape index (κ2) is 4.81. The van der Waals surface area contributed by atoms with Crippen molar-refractivity contribution in [1.82, 2.24) is 14.4 Å². The van der Waals surface area contributed by atoms with E-state index >= 15 is 0 Å². The van der Waals surface area contributed by atoms with Crippen molar-refractivity contribution in [1.29, 1.82) is 0 Å². The van der Waals surface area contributed by atoms with E-state index in [1.807, 2.05) is 0 Å². The number of nitrogens with zero attached hydrogens (tertiary/aromatic N) is 3. The van der Waals surface area contributed by atoms with Gasteiger partial charge in [-0.25, -0.2) is 18.7 Å². The fraction of sp³-hybridized carbons (Fsp3) is 0.0769. The van der Waals surface area contributed by atoms with Gasteiger partial charge >= 0.3 is 0 Å². The third kappa shape index (κ3) is 2.03. The maximum atomic E-state index is 13.8. The molecule has 4 nitrogen and oxygen atoms in total. The third-order valence-electron chi connectivity index (χ3n) is 2.84. The van der Waals surface area contributed by atoms with Crippen molar-refractivity contribution in [3.8, 4) is 11.3 Å². The first kappa shape index (κ1) is 13.0. The Kier molecular flexibility index (Phi) is 3.11. The summed E-state index contributed by atoms with van der Waals surface area (Å²) in [5, 5.41) is 9.20. The predicted molar refractivity (Wildman–Crippen MR) is 69.3 cm³/mol. The average Bonchev–Trinajstić information content (AvgIpc) is 2.75. The van der Waals surface area contributed by atoms with Crippen molar-refractivity contribution >= 4 is 17.4 Å². The van der Waals surface area contributed by atoms with E-state index in [-0.39, 0.29) is 28.8 Å². The summed E-state index contributed by atoms with van der Waals surface area (Å²) in [4.78, 5) is 8.20. The van der Waals surface area contributed by atoms with Gasteiger partial charge in [0.05, 0.1) is 12.3 Å². The molecule has 0 spiro atoms. The van der Waals surface area contributed by atoms with Crippen molar-refractivity contribution in [2.75, 3.05) is 0 Å². The van der Waals surface area contributed by atoms with Crippen LogP contribution in [0.3, 0.4) is 0 Å². The Labute approximate surface area is 117 Å². The highest BCUT2D eigenvalue weighted by molar-refractivity contribution is 6.32. The van der Waals surface area contributed by atoms with Gasteiger partial charge in [0.25, 0.3) is 0 Å². The molecule has 7 heteroatoms. The zero-order valence-electron chi connectivity index (χ0n) is 10.0. The number of benzene rings is 1. The van der Waals surface area contributed by atoms with Gasteiger partial charge in [0.1, 0.15) is 22.5 Å². The average molecular weight is 296 g/mol. The molecule has 0 amide bonds. The molecule has 0 aliphatic heterocycles. The minimum Gasteiger partial charge on any atom is -0.390 e. The van der Waals surface area contributed by atoms with Crippen LogP contribution in [0.2, 0.25) is 5.15 Å². The molecule has 0 radical (unpaired) electrons. The van der Waals surface area contributed by atoms with E-state index in [1.54, 1.807) is 12.3 Å². The number of hydrogen-bond donors (Lipinski definition) is 1. The molecule has 0 saturated carbocycles. The number of aliphatic hydroxyl groups excluding tert-OH is 1. The van der Waals surface area contributed by atoms with E-state index in [2.05, 4.69) is 9.97 Å². The minimum absolute atomic E-state index is 0.0902. The first-order valence-electron chi connectivity index (χ1n) is 5.70. The van der Waals surface area contributed by atoms with Crippen molar-refractivity contribution in [2.45, 2.75) is 6.61 Å². The number of aliphatic hydroxyl groups is 1. The lowest BCUT2D eigenvalue weighted by Gasteiger charge is -2.00. The summed E-state index contributed by atoms with van der Waals surface area (Å²) in [6.07, 6.45) is 1.58. The van der Waals surface area contributed by atoms with Crippen LogP contribution in [0, 0.1) is 11.6 Å². The molecular formula is C13H8ClF2N3O. The van der Waals surface area contributed by atoms with Crippen LogP contribution in [0.25, 0.3) is 17.0 Å². The second-order valence-electron chi connectivity index (χ2n) is 4.12. The van der Waals surface area contributed by atoms with Crippen LogP contribution >= 0.6 is 11.6 Å². The quantitative estimate of drug-likeness (QED) is 0.791. The van der Waals surface area contributed by atoms with E-state index in [1.165, 1.54) is 10.5 Å². The minimum atomic E-state index is -0.752. The first-order chi connectivity index (χ1) is 9.60. The highest BCUT2D eigenvalue weighted by Gasteiger charge is 2.17. The van der Waals surface area contributed by atoms with Crippen LogP contribution in [0.1, 0.15) is 5.69 Å². The number of fused-ring (bicyclic) bond motifs is 1. The summed E-state index contributed by atoms with van der Waals surface area (Å²) < 4.78 is 28.2. The molecule has 2 heterocycles. The lowest BCUT2D eigenvalue weighted by Crippen LogP contribution is -1.94. The molecule has 3 aromatic rings. The smallest absolute Gasteiger partial charge is 0.235 e. The van der Waals surface area contributed by atoms with Gasteiger partial charge in [0.15, 0.2) is 0 Å². The molecule has 1 N–H and O–H groups in total. The molecule has 3 rings (SSSR count). The Morgan fingerprint density at radius 3 is 2.70 bits per heavy atom. The Morgan fingerprint density at radius 1 is 1.20 bits per heavy atom. The van der Waals surface area contributed by atoms with Crippen molar-refractivity contribution in [3.63, 3.8) is 0 Å². The molecule has 0 saturated heterocycles.